The third-order valence-corrected chi connectivity index (χ3v) is 3.19. The van der Waals surface area contributed by atoms with E-state index in [-0.39, 0.29) is 11.2 Å². The number of halogens is 1. The highest BCUT2D eigenvalue weighted by Crippen LogP contribution is 2.23. The van der Waals surface area contributed by atoms with Gasteiger partial charge < -0.3 is 5.32 Å². The number of hydrogen-bond donors (Lipinski definition) is 1. The molecule has 0 amide bonds. The van der Waals surface area contributed by atoms with E-state index in [0.717, 1.165) is 5.69 Å². The van der Waals surface area contributed by atoms with Crippen molar-refractivity contribution in [3.63, 3.8) is 0 Å². The summed E-state index contributed by atoms with van der Waals surface area (Å²) in [5.74, 6) is -0.165. The molecule has 2 rings (SSSR count). The van der Waals surface area contributed by atoms with Crippen LogP contribution >= 0.6 is 0 Å². The summed E-state index contributed by atoms with van der Waals surface area (Å²) >= 11 is 0. The summed E-state index contributed by atoms with van der Waals surface area (Å²) in [6.07, 6.45) is 0. The van der Waals surface area contributed by atoms with Crippen LogP contribution in [0.15, 0.2) is 48.5 Å². The predicted octanol–water partition coefficient (Wildman–Crippen LogP) is 4.74. The highest BCUT2D eigenvalue weighted by Gasteiger charge is 2.12. The van der Waals surface area contributed by atoms with Crippen molar-refractivity contribution in [2.75, 3.05) is 5.32 Å². The van der Waals surface area contributed by atoms with Crippen molar-refractivity contribution >= 4 is 5.69 Å². The van der Waals surface area contributed by atoms with Crippen molar-refractivity contribution in [2.24, 2.45) is 0 Å². The van der Waals surface area contributed by atoms with E-state index in [0.29, 0.717) is 12.1 Å². The smallest absolute Gasteiger partial charge is 0.128 e. The summed E-state index contributed by atoms with van der Waals surface area (Å²) in [6, 6.07) is 15.2. The van der Waals surface area contributed by atoms with Crippen LogP contribution in [-0.2, 0) is 12.0 Å². The average molecular weight is 257 g/mol. The molecule has 0 aliphatic heterocycles. The number of hydrogen-bond acceptors (Lipinski definition) is 1. The van der Waals surface area contributed by atoms with Gasteiger partial charge in [-0.1, -0.05) is 51.1 Å². The normalized spacial score (nSPS) is 11.4. The van der Waals surface area contributed by atoms with Crippen LogP contribution in [0.2, 0.25) is 0 Å². The number of rotatable bonds is 3. The Balaban J connectivity index is 2.03. The fourth-order valence-corrected chi connectivity index (χ4v) is 1.93. The van der Waals surface area contributed by atoms with Crippen LogP contribution in [0.1, 0.15) is 31.9 Å². The highest BCUT2D eigenvalue weighted by atomic mass is 19.1. The molecular weight excluding hydrogens is 237 g/mol. The van der Waals surface area contributed by atoms with Gasteiger partial charge in [0.15, 0.2) is 0 Å². The Hall–Kier alpha value is -1.83. The van der Waals surface area contributed by atoms with Crippen LogP contribution in [0.25, 0.3) is 0 Å². The first-order valence-electron chi connectivity index (χ1n) is 6.54. The van der Waals surface area contributed by atoms with Crippen molar-refractivity contribution < 1.29 is 4.39 Å². The molecule has 0 radical (unpaired) electrons. The summed E-state index contributed by atoms with van der Waals surface area (Å²) in [5.41, 5.74) is 3.15. The van der Waals surface area contributed by atoms with Crippen LogP contribution < -0.4 is 5.32 Å². The van der Waals surface area contributed by atoms with E-state index in [9.17, 15) is 4.39 Å². The van der Waals surface area contributed by atoms with E-state index >= 15 is 0 Å². The van der Waals surface area contributed by atoms with Crippen molar-refractivity contribution in [2.45, 2.75) is 32.7 Å². The van der Waals surface area contributed by atoms with Gasteiger partial charge in [-0.05, 0) is 29.2 Å². The molecule has 1 nitrogen and oxygen atoms in total. The maximum Gasteiger partial charge on any atom is 0.128 e. The molecule has 1 N–H and O–H groups in total. The van der Waals surface area contributed by atoms with E-state index in [1.54, 1.807) is 12.1 Å². The van der Waals surface area contributed by atoms with Crippen LogP contribution in [0, 0.1) is 5.82 Å². The molecule has 0 atom stereocenters. The molecule has 2 aromatic carbocycles. The second-order valence-corrected chi connectivity index (χ2v) is 5.77. The molecule has 0 aliphatic rings. The van der Waals surface area contributed by atoms with Gasteiger partial charge in [0.2, 0.25) is 0 Å². The van der Waals surface area contributed by atoms with E-state index in [1.165, 1.54) is 11.6 Å². The maximum atomic E-state index is 13.5. The predicted molar refractivity (Wildman–Crippen MR) is 78.9 cm³/mol. The molecule has 0 unspecified atom stereocenters. The molecule has 0 aliphatic carbocycles. The third-order valence-electron chi connectivity index (χ3n) is 3.19. The minimum atomic E-state index is -0.165. The van der Waals surface area contributed by atoms with Gasteiger partial charge in [-0.25, -0.2) is 4.39 Å². The Labute approximate surface area is 114 Å². The molecule has 2 aromatic rings. The van der Waals surface area contributed by atoms with Gasteiger partial charge in [0.1, 0.15) is 5.82 Å². The molecule has 0 heterocycles. The van der Waals surface area contributed by atoms with Gasteiger partial charge in [0, 0.05) is 17.8 Å². The van der Waals surface area contributed by atoms with Gasteiger partial charge in [0.05, 0.1) is 0 Å². The third kappa shape index (κ3) is 3.57. The summed E-state index contributed by atoms with van der Waals surface area (Å²) < 4.78 is 13.5. The van der Waals surface area contributed by atoms with E-state index in [2.05, 4.69) is 38.2 Å². The SMILES string of the molecule is CC(C)(C)c1ccc(NCc2ccccc2F)cc1. The molecule has 0 saturated heterocycles. The van der Waals surface area contributed by atoms with E-state index in [4.69, 9.17) is 0 Å². The fourth-order valence-electron chi connectivity index (χ4n) is 1.93. The van der Waals surface area contributed by atoms with Crippen molar-refractivity contribution in [1.29, 1.82) is 0 Å². The lowest BCUT2D eigenvalue weighted by Gasteiger charge is -2.19. The minimum Gasteiger partial charge on any atom is -0.381 e. The molecular formula is C17H20FN. The van der Waals surface area contributed by atoms with Crippen molar-refractivity contribution in [3.05, 3.63) is 65.5 Å². The molecule has 0 aromatic heterocycles. The van der Waals surface area contributed by atoms with Crippen LogP contribution in [0.3, 0.4) is 0 Å². The fraction of sp³-hybridized carbons (Fsp3) is 0.294. The first kappa shape index (κ1) is 13.6. The summed E-state index contributed by atoms with van der Waals surface area (Å²) in [6.45, 7) is 7.07. The molecule has 0 spiro atoms. The first-order chi connectivity index (χ1) is 8.97. The van der Waals surface area contributed by atoms with Crippen LogP contribution in [0.4, 0.5) is 10.1 Å². The quantitative estimate of drug-likeness (QED) is 0.837. The minimum absolute atomic E-state index is 0.157. The first-order valence-corrected chi connectivity index (χ1v) is 6.54. The average Bonchev–Trinajstić information content (AvgIpc) is 2.37. The Morgan fingerprint density at radius 1 is 0.947 bits per heavy atom. The highest BCUT2D eigenvalue weighted by molar-refractivity contribution is 5.46. The Morgan fingerprint density at radius 2 is 1.58 bits per heavy atom. The zero-order valence-electron chi connectivity index (χ0n) is 11.7. The Bertz CT molecular complexity index is 538. The molecule has 0 saturated carbocycles. The molecule has 100 valence electrons. The number of nitrogens with one attached hydrogen (secondary N) is 1. The van der Waals surface area contributed by atoms with Crippen LogP contribution in [-0.4, -0.2) is 0 Å². The van der Waals surface area contributed by atoms with Crippen LogP contribution in [0.5, 0.6) is 0 Å². The lowest BCUT2D eigenvalue weighted by Crippen LogP contribution is -2.10. The van der Waals surface area contributed by atoms with Gasteiger partial charge in [-0.2, -0.15) is 0 Å². The lowest BCUT2D eigenvalue weighted by atomic mass is 9.87. The number of anilines is 1. The molecule has 2 heteroatoms. The van der Waals surface area contributed by atoms with Crippen molar-refractivity contribution in [1.82, 2.24) is 0 Å². The van der Waals surface area contributed by atoms with E-state index < -0.39 is 0 Å². The van der Waals surface area contributed by atoms with Gasteiger partial charge in [-0.3, -0.25) is 0 Å². The largest absolute Gasteiger partial charge is 0.381 e. The Morgan fingerprint density at radius 3 is 2.16 bits per heavy atom. The monoisotopic (exact) mass is 257 g/mol. The molecule has 0 fully saturated rings. The van der Waals surface area contributed by atoms with Crippen molar-refractivity contribution in [3.8, 4) is 0 Å². The van der Waals surface area contributed by atoms with Gasteiger partial charge >= 0.3 is 0 Å². The molecule has 0 bridgehead atoms. The lowest BCUT2D eigenvalue weighted by molar-refractivity contribution is 0.590. The summed E-state index contributed by atoms with van der Waals surface area (Å²) in [7, 11) is 0. The summed E-state index contributed by atoms with van der Waals surface area (Å²) in [5, 5.41) is 3.24. The topological polar surface area (TPSA) is 12.0 Å². The van der Waals surface area contributed by atoms with Gasteiger partial charge in [0.25, 0.3) is 0 Å². The zero-order valence-corrected chi connectivity index (χ0v) is 11.7. The zero-order chi connectivity index (χ0) is 13.9. The van der Waals surface area contributed by atoms with Gasteiger partial charge in [-0.15, -0.1) is 0 Å². The maximum absolute atomic E-state index is 13.5. The number of benzene rings is 2. The standard InChI is InChI=1S/C17H20FN/c1-17(2,3)14-8-10-15(11-9-14)19-12-13-6-4-5-7-16(13)18/h4-11,19H,12H2,1-3H3. The second kappa shape index (κ2) is 5.43. The summed E-state index contributed by atoms with van der Waals surface area (Å²) in [4.78, 5) is 0. The molecule has 19 heavy (non-hydrogen) atoms. The Kier molecular flexibility index (Phi) is 3.89. The van der Waals surface area contributed by atoms with E-state index in [1.807, 2.05) is 18.2 Å². The second-order valence-electron chi connectivity index (χ2n) is 5.77.